The molecule has 50 heavy (non-hydrogen) atoms. The smallest absolute Gasteiger partial charge is 0.245 e. The Kier molecular flexibility index (Phi) is 23.6. The molecular formula is C31H50Cl4N8O7. The minimum absolute atomic E-state index is 0. The van der Waals surface area contributed by atoms with Crippen LogP contribution in [0.3, 0.4) is 0 Å². The molecule has 19 heteroatoms. The maximum atomic E-state index is 13.6. The standard InChI is InChI=1S/C31H46N8O7.4ClH/c32-9-1-3-21(34)15-36-29(44)25(16-40)39-31(46)24-14-20-12-18(6-8-27(20)42)17-5-7-26(41)19(11-17)13-22(35)28(43)37-23(4-2-10-33)30(45)38-24;;;;/h5-8,11-12,21-25,40-42H,1-4,9-10,13-16,32-35H2,(H,36,44)(H,37,43)(H,38,45)(H,39,46);4*1H/t21-,22-,23-,24-,25-;;;;/m0..../s1. The summed E-state index contributed by atoms with van der Waals surface area (Å²) in [7, 11) is 0. The Bertz CT molecular complexity index is 1390. The Morgan fingerprint density at radius 2 is 1.42 bits per heavy atom. The Morgan fingerprint density at radius 1 is 0.860 bits per heavy atom. The van der Waals surface area contributed by atoms with E-state index in [1.54, 1.807) is 24.3 Å². The number of carbonyl (C=O) groups excluding carboxylic acids is 4. The van der Waals surface area contributed by atoms with Crippen LogP contribution in [0.2, 0.25) is 0 Å². The molecule has 0 spiro atoms. The normalized spacial score (nSPS) is 18.3. The molecule has 5 atom stereocenters. The predicted molar refractivity (Wildman–Crippen MR) is 200 cm³/mol. The van der Waals surface area contributed by atoms with Crippen molar-refractivity contribution in [3.05, 3.63) is 47.5 Å². The molecule has 0 aliphatic carbocycles. The molecule has 0 saturated carbocycles. The highest BCUT2D eigenvalue weighted by Gasteiger charge is 2.31. The van der Waals surface area contributed by atoms with Crippen LogP contribution >= 0.6 is 49.6 Å². The number of phenols is 2. The van der Waals surface area contributed by atoms with Gasteiger partial charge in [-0.2, -0.15) is 0 Å². The number of benzene rings is 2. The minimum atomic E-state index is -1.37. The number of aromatic hydroxyl groups is 2. The number of phenolic OH excluding ortho intramolecular Hbond substituents is 2. The fourth-order valence-electron chi connectivity index (χ4n) is 5.06. The molecule has 4 bridgehead atoms. The Hall–Kier alpha value is -3.12. The maximum Gasteiger partial charge on any atom is 0.245 e. The number of rotatable bonds is 12. The van der Waals surface area contributed by atoms with Crippen molar-refractivity contribution in [1.82, 2.24) is 21.3 Å². The fourth-order valence-corrected chi connectivity index (χ4v) is 5.06. The zero-order chi connectivity index (χ0) is 33.8. The van der Waals surface area contributed by atoms with Gasteiger partial charge in [0.05, 0.1) is 12.6 Å². The van der Waals surface area contributed by atoms with E-state index in [0.717, 1.165) is 0 Å². The van der Waals surface area contributed by atoms with Crippen molar-refractivity contribution in [2.24, 2.45) is 22.9 Å². The van der Waals surface area contributed by atoms with Crippen LogP contribution < -0.4 is 44.2 Å². The highest BCUT2D eigenvalue weighted by molar-refractivity contribution is 5.95. The van der Waals surface area contributed by atoms with Crippen molar-refractivity contribution in [1.29, 1.82) is 0 Å². The average molecular weight is 789 g/mol. The molecule has 4 amide bonds. The highest BCUT2D eigenvalue weighted by Crippen LogP contribution is 2.31. The maximum absolute atomic E-state index is 13.6. The Balaban J connectivity index is 0. The van der Waals surface area contributed by atoms with E-state index in [0.29, 0.717) is 42.5 Å². The zero-order valence-corrected chi connectivity index (χ0v) is 30.6. The summed E-state index contributed by atoms with van der Waals surface area (Å²) in [5.74, 6) is -3.10. The number of aliphatic hydroxyl groups is 1. The SMILES string of the molecule is Cl.Cl.Cl.Cl.NCCC[C@H](N)CNC(=O)[C@H](CO)NC(=O)[C@@H]1Cc2cc(ccc2O)-c2ccc(O)c(c2)C[C@H](N)C(=O)N[C@@H](CCCN)C(=O)N1. The van der Waals surface area contributed by atoms with E-state index in [4.69, 9.17) is 22.9 Å². The number of aliphatic hydroxyl groups excluding tert-OH is 1. The summed E-state index contributed by atoms with van der Waals surface area (Å²) in [6.45, 7) is 0.0190. The van der Waals surface area contributed by atoms with Crippen molar-refractivity contribution in [3.63, 3.8) is 0 Å². The third kappa shape index (κ3) is 14.2. The number of nitrogens with one attached hydrogen (secondary N) is 4. The molecule has 0 radical (unpaired) electrons. The molecule has 1 heterocycles. The molecule has 284 valence electrons. The summed E-state index contributed by atoms with van der Waals surface area (Å²) < 4.78 is 0. The van der Waals surface area contributed by atoms with Crippen LogP contribution in [0, 0.1) is 0 Å². The molecule has 0 fully saturated rings. The Morgan fingerprint density at radius 3 is 1.96 bits per heavy atom. The second-order valence-electron chi connectivity index (χ2n) is 11.4. The summed E-state index contributed by atoms with van der Waals surface area (Å²) in [4.78, 5) is 53.1. The molecule has 3 rings (SSSR count). The van der Waals surface area contributed by atoms with Crippen LogP contribution in [0.1, 0.15) is 36.8 Å². The molecule has 0 aromatic heterocycles. The van der Waals surface area contributed by atoms with Gasteiger partial charge in [-0.05, 0) is 85.3 Å². The van der Waals surface area contributed by atoms with Gasteiger partial charge in [-0.25, -0.2) is 0 Å². The fraction of sp³-hybridized carbons (Fsp3) is 0.484. The lowest BCUT2D eigenvalue weighted by Crippen LogP contribution is -2.59. The predicted octanol–water partition coefficient (Wildman–Crippen LogP) is -0.754. The Labute approximate surface area is 316 Å². The summed E-state index contributed by atoms with van der Waals surface area (Å²) in [6.07, 6.45) is 1.47. The van der Waals surface area contributed by atoms with E-state index in [9.17, 15) is 34.5 Å². The van der Waals surface area contributed by atoms with Gasteiger partial charge < -0.3 is 59.5 Å². The number of nitrogens with two attached hydrogens (primary N) is 4. The number of amides is 4. The van der Waals surface area contributed by atoms with Gasteiger partial charge in [0.1, 0.15) is 29.6 Å². The lowest BCUT2D eigenvalue weighted by molar-refractivity contribution is -0.134. The first-order valence-electron chi connectivity index (χ1n) is 15.3. The number of fused-ring (bicyclic) bond motifs is 5. The number of hydrogen-bond donors (Lipinski definition) is 11. The van der Waals surface area contributed by atoms with Gasteiger partial charge in [0.25, 0.3) is 0 Å². The van der Waals surface area contributed by atoms with Crippen LogP contribution in [-0.2, 0) is 32.0 Å². The number of hydrogen-bond acceptors (Lipinski definition) is 11. The zero-order valence-electron chi connectivity index (χ0n) is 27.3. The first-order chi connectivity index (χ1) is 22.0. The van der Waals surface area contributed by atoms with Crippen LogP contribution in [0.5, 0.6) is 11.5 Å². The molecule has 15 N–H and O–H groups in total. The van der Waals surface area contributed by atoms with Gasteiger partial charge in [-0.1, -0.05) is 12.1 Å². The molecule has 2 aromatic carbocycles. The van der Waals surface area contributed by atoms with Crippen molar-refractivity contribution in [2.45, 2.75) is 68.7 Å². The number of halogens is 4. The van der Waals surface area contributed by atoms with Crippen LogP contribution in [0.25, 0.3) is 11.1 Å². The van der Waals surface area contributed by atoms with Crippen molar-refractivity contribution < 1.29 is 34.5 Å². The quantitative estimate of drug-likeness (QED) is 0.127. The van der Waals surface area contributed by atoms with Gasteiger partial charge in [0.15, 0.2) is 0 Å². The van der Waals surface area contributed by atoms with Gasteiger partial charge in [-0.15, -0.1) is 49.6 Å². The van der Waals surface area contributed by atoms with Crippen molar-refractivity contribution in [2.75, 3.05) is 26.2 Å². The third-order valence-corrected chi connectivity index (χ3v) is 7.79. The average Bonchev–Trinajstić information content (AvgIpc) is 3.04. The van der Waals surface area contributed by atoms with Gasteiger partial charge in [0.2, 0.25) is 23.6 Å². The topological polar surface area (TPSA) is 281 Å². The third-order valence-electron chi connectivity index (χ3n) is 7.79. The van der Waals surface area contributed by atoms with Crippen LogP contribution in [0.4, 0.5) is 0 Å². The highest BCUT2D eigenvalue weighted by atomic mass is 35.5. The lowest BCUT2D eigenvalue weighted by Gasteiger charge is -2.26. The van der Waals surface area contributed by atoms with Crippen molar-refractivity contribution >= 4 is 73.3 Å². The van der Waals surface area contributed by atoms with Crippen LogP contribution in [0.15, 0.2) is 36.4 Å². The minimum Gasteiger partial charge on any atom is -0.508 e. The summed E-state index contributed by atoms with van der Waals surface area (Å²) in [6, 6.07) is 4.14. The van der Waals surface area contributed by atoms with Gasteiger partial charge >= 0.3 is 0 Å². The molecule has 0 saturated heterocycles. The monoisotopic (exact) mass is 786 g/mol. The molecule has 1 aliphatic heterocycles. The second-order valence-corrected chi connectivity index (χ2v) is 11.4. The van der Waals surface area contributed by atoms with E-state index in [2.05, 4.69) is 21.3 Å². The molecule has 15 nitrogen and oxygen atoms in total. The molecule has 2 aromatic rings. The molecule has 0 unspecified atom stereocenters. The van der Waals surface area contributed by atoms with Crippen LogP contribution in [-0.4, -0.2) is 95.4 Å². The van der Waals surface area contributed by atoms with E-state index in [-0.39, 0.29) is 105 Å². The second kappa shape index (κ2) is 24.1. The lowest BCUT2D eigenvalue weighted by atomic mass is 9.95. The summed E-state index contributed by atoms with van der Waals surface area (Å²) in [5, 5.41) is 41.5. The van der Waals surface area contributed by atoms with E-state index >= 15 is 0 Å². The van der Waals surface area contributed by atoms with Gasteiger partial charge in [-0.3, -0.25) is 19.2 Å². The van der Waals surface area contributed by atoms with E-state index < -0.39 is 54.4 Å². The number of carbonyl (C=O) groups is 4. The summed E-state index contributed by atoms with van der Waals surface area (Å²) >= 11 is 0. The largest absolute Gasteiger partial charge is 0.508 e. The molecule has 1 aliphatic rings. The first-order valence-corrected chi connectivity index (χ1v) is 15.3. The first kappa shape index (κ1) is 49.0. The van der Waals surface area contributed by atoms with Gasteiger partial charge in [0, 0.05) is 25.4 Å². The molecular weight excluding hydrogens is 738 g/mol. The summed E-state index contributed by atoms with van der Waals surface area (Å²) in [5.41, 5.74) is 25.3. The van der Waals surface area contributed by atoms with E-state index in [1.807, 2.05) is 0 Å². The van der Waals surface area contributed by atoms with E-state index in [1.165, 1.54) is 12.1 Å². The van der Waals surface area contributed by atoms with Crippen molar-refractivity contribution in [3.8, 4) is 22.6 Å².